The fourth-order valence-corrected chi connectivity index (χ4v) is 2.79. The lowest BCUT2D eigenvalue weighted by atomic mass is 10.2. The zero-order valence-corrected chi connectivity index (χ0v) is 13.9. The summed E-state index contributed by atoms with van der Waals surface area (Å²) in [6, 6.07) is 14.8. The smallest absolute Gasteiger partial charge is 0.258 e. The van der Waals surface area contributed by atoms with Gasteiger partial charge >= 0.3 is 5.69 Å². The van der Waals surface area contributed by atoms with Crippen LogP contribution in [0.3, 0.4) is 0 Å². The predicted octanol–water partition coefficient (Wildman–Crippen LogP) is 3.11. The molecule has 0 aliphatic heterocycles. The maximum atomic E-state index is 12.7. The third kappa shape index (κ3) is 2.62. The molecule has 4 aromatic rings. The molecule has 9 heteroatoms. The summed E-state index contributed by atoms with van der Waals surface area (Å²) in [5.74, 6) is 0. The van der Waals surface area contributed by atoms with Crippen LogP contribution < -0.4 is 5.69 Å². The molecule has 0 N–H and O–H groups in total. The third-order valence-corrected chi connectivity index (χ3v) is 4.09. The Morgan fingerprint density at radius 1 is 1.04 bits per heavy atom. The van der Waals surface area contributed by atoms with Gasteiger partial charge < -0.3 is 0 Å². The minimum Gasteiger partial charge on any atom is -0.258 e. The molecular weight excluding hydrogens is 358 g/mol. The monoisotopic (exact) mass is 367 g/mol. The molecular formula is C17H10ClN5O3. The number of hydrogen-bond acceptors (Lipinski definition) is 5. The Bertz CT molecular complexity index is 1180. The van der Waals surface area contributed by atoms with Gasteiger partial charge in [-0.3, -0.25) is 10.1 Å². The SMILES string of the molecule is O=c1n(-c2ccc([N+](=O)[O-])cc2)nc2c(Cl)nc(-c3ccccc3)cn12. The largest absolute Gasteiger partial charge is 0.355 e. The fraction of sp³-hybridized carbons (Fsp3) is 0. The summed E-state index contributed by atoms with van der Waals surface area (Å²) >= 11 is 6.22. The van der Waals surface area contributed by atoms with Crippen LogP contribution in [0.4, 0.5) is 5.69 Å². The van der Waals surface area contributed by atoms with Gasteiger partial charge in [0, 0.05) is 23.9 Å². The molecule has 0 bridgehead atoms. The van der Waals surface area contributed by atoms with E-state index >= 15 is 0 Å². The van der Waals surface area contributed by atoms with Gasteiger partial charge in [-0.1, -0.05) is 41.9 Å². The number of fused-ring (bicyclic) bond motifs is 1. The van der Waals surface area contributed by atoms with E-state index in [1.54, 1.807) is 6.20 Å². The van der Waals surface area contributed by atoms with Crippen LogP contribution in [-0.2, 0) is 0 Å². The molecule has 0 unspecified atom stereocenters. The highest BCUT2D eigenvalue weighted by molar-refractivity contribution is 6.32. The van der Waals surface area contributed by atoms with Gasteiger partial charge in [-0.2, -0.15) is 4.68 Å². The highest BCUT2D eigenvalue weighted by Crippen LogP contribution is 2.21. The van der Waals surface area contributed by atoms with Gasteiger partial charge in [0.1, 0.15) is 0 Å². The normalized spacial score (nSPS) is 11.0. The number of benzene rings is 2. The summed E-state index contributed by atoms with van der Waals surface area (Å²) in [5, 5.41) is 15.0. The van der Waals surface area contributed by atoms with E-state index in [2.05, 4.69) is 10.1 Å². The molecule has 0 aliphatic rings. The Labute approximate surface area is 151 Å². The second-order valence-electron chi connectivity index (χ2n) is 5.44. The van der Waals surface area contributed by atoms with E-state index in [4.69, 9.17) is 11.6 Å². The van der Waals surface area contributed by atoms with E-state index in [-0.39, 0.29) is 16.5 Å². The molecule has 0 fully saturated rings. The number of non-ortho nitro benzene ring substituents is 1. The van der Waals surface area contributed by atoms with E-state index in [0.717, 1.165) is 10.2 Å². The summed E-state index contributed by atoms with van der Waals surface area (Å²) in [5.41, 5.74) is 1.42. The van der Waals surface area contributed by atoms with E-state index in [0.29, 0.717) is 11.4 Å². The molecule has 0 aliphatic carbocycles. The third-order valence-electron chi connectivity index (χ3n) is 3.84. The number of nitro benzene ring substituents is 1. The maximum absolute atomic E-state index is 12.7. The van der Waals surface area contributed by atoms with Gasteiger partial charge in [-0.15, -0.1) is 5.10 Å². The average molecular weight is 368 g/mol. The van der Waals surface area contributed by atoms with E-state index in [9.17, 15) is 14.9 Å². The van der Waals surface area contributed by atoms with E-state index in [1.165, 1.54) is 28.7 Å². The van der Waals surface area contributed by atoms with Gasteiger partial charge in [0.2, 0.25) is 0 Å². The molecule has 2 aromatic carbocycles. The number of halogens is 1. The van der Waals surface area contributed by atoms with Crippen LogP contribution in [0.1, 0.15) is 0 Å². The van der Waals surface area contributed by atoms with Crippen molar-refractivity contribution in [2.75, 3.05) is 0 Å². The lowest BCUT2D eigenvalue weighted by Gasteiger charge is -2.01. The lowest BCUT2D eigenvalue weighted by molar-refractivity contribution is -0.384. The molecule has 4 rings (SSSR count). The number of aromatic nitrogens is 4. The number of hydrogen-bond donors (Lipinski definition) is 0. The Balaban J connectivity index is 1.88. The van der Waals surface area contributed by atoms with Crippen molar-refractivity contribution in [1.82, 2.24) is 19.2 Å². The number of nitrogens with zero attached hydrogens (tertiary/aromatic N) is 5. The molecule has 2 heterocycles. The zero-order valence-electron chi connectivity index (χ0n) is 13.1. The van der Waals surface area contributed by atoms with Gasteiger partial charge in [0.15, 0.2) is 10.8 Å². The predicted molar refractivity (Wildman–Crippen MR) is 95.7 cm³/mol. The van der Waals surface area contributed by atoms with E-state index < -0.39 is 10.6 Å². The van der Waals surface area contributed by atoms with Crippen LogP contribution in [0.25, 0.3) is 22.6 Å². The highest BCUT2D eigenvalue weighted by Gasteiger charge is 2.15. The molecule has 0 amide bonds. The average Bonchev–Trinajstić information content (AvgIpc) is 3.00. The molecule has 8 nitrogen and oxygen atoms in total. The Hall–Kier alpha value is -3.52. The molecule has 0 radical (unpaired) electrons. The first-order valence-corrected chi connectivity index (χ1v) is 7.90. The number of rotatable bonds is 3. The van der Waals surface area contributed by atoms with Crippen LogP contribution >= 0.6 is 11.6 Å². The van der Waals surface area contributed by atoms with Crippen LogP contribution in [0.2, 0.25) is 5.15 Å². The van der Waals surface area contributed by atoms with Crippen molar-refractivity contribution < 1.29 is 4.92 Å². The quantitative estimate of drug-likeness (QED) is 0.409. The van der Waals surface area contributed by atoms with Crippen molar-refractivity contribution >= 4 is 22.9 Å². The molecule has 0 atom stereocenters. The first-order valence-electron chi connectivity index (χ1n) is 7.53. The number of nitro groups is 1. The standard InChI is InChI=1S/C17H10ClN5O3/c18-15-16-20-22(12-6-8-13(9-7-12)23(25)26)17(24)21(16)10-14(19-15)11-4-2-1-3-5-11/h1-10H. The van der Waals surface area contributed by atoms with Crippen LogP contribution in [0.15, 0.2) is 65.6 Å². The Kier molecular flexibility index (Phi) is 3.74. The second kappa shape index (κ2) is 6.08. The highest BCUT2D eigenvalue weighted by atomic mass is 35.5. The minimum absolute atomic E-state index is 0.0726. The summed E-state index contributed by atoms with van der Waals surface area (Å²) < 4.78 is 2.43. The molecule has 0 saturated heterocycles. The van der Waals surface area contributed by atoms with Gasteiger partial charge in [-0.25, -0.2) is 14.2 Å². The van der Waals surface area contributed by atoms with Crippen molar-refractivity contribution in [2.45, 2.75) is 0 Å². The van der Waals surface area contributed by atoms with Crippen LogP contribution in [0.5, 0.6) is 0 Å². The minimum atomic E-state index is -0.511. The zero-order chi connectivity index (χ0) is 18.3. The molecule has 2 aromatic heterocycles. The van der Waals surface area contributed by atoms with E-state index in [1.807, 2.05) is 30.3 Å². The first-order chi connectivity index (χ1) is 12.5. The molecule has 0 saturated carbocycles. The van der Waals surface area contributed by atoms with Gasteiger partial charge in [-0.05, 0) is 12.1 Å². The second-order valence-corrected chi connectivity index (χ2v) is 5.80. The first kappa shape index (κ1) is 16.0. The summed E-state index contributed by atoms with van der Waals surface area (Å²) in [6.07, 6.45) is 1.56. The molecule has 0 spiro atoms. The van der Waals surface area contributed by atoms with Crippen LogP contribution in [0, 0.1) is 10.1 Å². The van der Waals surface area contributed by atoms with Crippen molar-refractivity contribution in [2.24, 2.45) is 0 Å². The molecule has 128 valence electrons. The Morgan fingerprint density at radius 3 is 2.38 bits per heavy atom. The van der Waals surface area contributed by atoms with Crippen molar-refractivity contribution in [3.63, 3.8) is 0 Å². The fourth-order valence-electron chi connectivity index (χ4n) is 2.57. The summed E-state index contributed by atoms with van der Waals surface area (Å²) in [6.45, 7) is 0. The van der Waals surface area contributed by atoms with Crippen molar-refractivity contribution in [1.29, 1.82) is 0 Å². The van der Waals surface area contributed by atoms with Crippen LogP contribution in [-0.4, -0.2) is 24.1 Å². The van der Waals surface area contributed by atoms with Gasteiger partial charge in [0.25, 0.3) is 5.69 Å². The Morgan fingerprint density at radius 2 is 1.73 bits per heavy atom. The van der Waals surface area contributed by atoms with Crippen molar-refractivity contribution in [3.8, 4) is 16.9 Å². The maximum Gasteiger partial charge on any atom is 0.355 e. The lowest BCUT2D eigenvalue weighted by Crippen LogP contribution is -2.19. The summed E-state index contributed by atoms with van der Waals surface area (Å²) in [4.78, 5) is 27.3. The summed E-state index contributed by atoms with van der Waals surface area (Å²) in [7, 11) is 0. The van der Waals surface area contributed by atoms with Crippen molar-refractivity contribution in [3.05, 3.63) is 86.5 Å². The van der Waals surface area contributed by atoms with Gasteiger partial charge in [0.05, 0.1) is 16.3 Å². The molecule has 26 heavy (non-hydrogen) atoms. The topological polar surface area (TPSA) is 95.3 Å².